The summed E-state index contributed by atoms with van der Waals surface area (Å²) >= 11 is 0. The minimum absolute atomic E-state index is 0.101. The van der Waals surface area contributed by atoms with Crippen LogP contribution in [0.4, 0.5) is 0 Å². The van der Waals surface area contributed by atoms with Gasteiger partial charge >= 0.3 is 0 Å². The molecule has 0 saturated carbocycles. The molecule has 1 aliphatic heterocycles. The van der Waals surface area contributed by atoms with Crippen molar-refractivity contribution in [2.75, 3.05) is 13.1 Å². The van der Waals surface area contributed by atoms with Gasteiger partial charge in [0, 0.05) is 18.6 Å². The number of benzene rings is 1. The summed E-state index contributed by atoms with van der Waals surface area (Å²) in [5.41, 5.74) is 1.11. The SMILES string of the molecule is CCNC(C)c1ccc(S(=O)(=O)N2CCCCC2C)cc1. The Hall–Kier alpha value is -0.910. The van der Waals surface area contributed by atoms with Crippen molar-refractivity contribution in [1.29, 1.82) is 0 Å². The number of nitrogens with one attached hydrogen (secondary N) is 1. The Kier molecular flexibility index (Phi) is 5.41. The molecule has 0 amide bonds. The molecule has 0 spiro atoms. The highest BCUT2D eigenvalue weighted by Gasteiger charge is 2.30. The van der Waals surface area contributed by atoms with Gasteiger partial charge in [-0.2, -0.15) is 4.31 Å². The van der Waals surface area contributed by atoms with Crippen molar-refractivity contribution in [1.82, 2.24) is 9.62 Å². The minimum atomic E-state index is -3.35. The largest absolute Gasteiger partial charge is 0.310 e. The van der Waals surface area contributed by atoms with Gasteiger partial charge in [0.15, 0.2) is 0 Å². The average Bonchev–Trinajstić information content (AvgIpc) is 2.48. The molecule has 1 fully saturated rings. The van der Waals surface area contributed by atoms with Crippen LogP contribution in [-0.2, 0) is 10.0 Å². The molecule has 0 bridgehead atoms. The molecule has 1 aliphatic rings. The zero-order valence-corrected chi connectivity index (χ0v) is 14.0. The minimum Gasteiger partial charge on any atom is -0.310 e. The van der Waals surface area contributed by atoms with E-state index in [9.17, 15) is 8.42 Å². The van der Waals surface area contributed by atoms with E-state index < -0.39 is 10.0 Å². The van der Waals surface area contributed by atoms with Gasteiger partial charge in [0.2, 0.25) is 10.0 Å². The van der Waals surface area contributed by atoms with E-state index in [1.54, 1.807) is 16.4 Å². The zero-order valence-electron chi connectivity index (χ0n) is 13.2. The first kappa shape index (κ1) is 16.5. The van der Waals surface area contributed by atoms with E-state index in [-0.39, 0.29) is 12.1 Å². The highest BCUT2D eigenvalue weighted by molar-refractivity contribution is 7.89. The molecular weight excluding hydrogens is 284 g/mol. The van der Waals surface area contributed by atoms with E-state index in [0.29, 0.717) is 11.4 Å². The fourth-order valence-electron chi connectivity index (χ4n) is 2.92. The molecule has 1 N–H and O–H groups in total. The van der Waals surface area contributed by atoms with Gasteiger partial charge in [0.1, 0.15) is 0 Å². The summed E-state index contributed by atoms with van der Waals surface area (Å²) in [5, 5.41) is 3.33. The van der Waals surface area contributed by atoms with Crippen LogP contribution in [0.3, 0.4) is 0 Å². The lowest BCUT2D eigenvalue weighted by Crippen LogP contribution is -2.41. The first-order valence-electron chi connectivity index (χ1n) is 7.82. The van der Waals surface area contributed by atoms with Crippen molar-refractivity contribution in [3.8, 4) is 0 Å². The first-order valence-corrected chi connectivity index (χ1v) is 9.26. The molecule has 118 valence electrons. The molecule has 21 heavy (non-hydrogen) atoms. The van der Waals surface area contributed by atoms with Crippen molar-refractivity contribution in [3.63, 3.8) is 0 Å². The van der Waals surface area contributed by atoms with Gasteiger partial charge in [-0.3, -0.25) is 0 Å². The van der Waals surface area contributed by atoms with Crippen LogP contribution in [0.1, 0.15) is 51.6 Å². The predicted molar refractivity (Wildman–Crippen MR) is 85.7 cm³/mol. The molecule has 0 aromatic heterocycles. The zero-order chi connectivity index (χ0) is 15.5. The van der Waals surface area contributed by atoms with Crippen LogP contribution in [0.2, 0.25) is 0 Å². The summed E-state index contributed by atoms with van der Waals surface area (Å²) in [6, 6.07) is 7.63. The summed E-state index contributed by atoms with van der Waals surface area (Å²) in [5.74, 6) is 0. The number of nitrogens with zero attached hydrogens (tertiary/aromatic N) is 1. The number of rotatable bonds is 5. The highest BCUT2D eigenvalue weighted by Crippen LogP contribution is 2.25. The summed E-state index contributed by atoms with van der Waals surface area (Å²) in [6.45, 7) is 7.68. The summed E-state index contributed by atoms with van der Waals surface area (Å²) in [7, 11) is -3.35. The maximum absolute atomic E-state index is 12.7. The number of sulfonamides is 1. The number of hydrogen-bond acceptors (Lipinski definition) is 3. The van der Waals surface area contributed by atoms with E-state index in [0.717, 1.165) is 31.4 Å². The van der Waals surface area contributed by atoms with E-state index in [1.807, 2.05) is 19.1 Å². The van der Waals surface area contributed by atoms with Crippen molar-refractivity contribution < 1.29 is 8.42 Å². The molecule has 0 radical (unpaired) electrons. The summed E-state index contributed by atoms with van der Waals surface area (Å²) in [6.07, 6.45) is 3.03. The summed E-state index contributed by atoms with van der Waals surface area (Å²) in [4.78, 5) is 0.406. The lowest BCUT2D eigenvalue weighted by Gasteiger charge is -2.32. The molecule has 0 aliphatic carbocycles. The Morgan fingerprint density at radius 3 is 2.52 bits per heavy atom. The molecule has 2 atom stereocenters. The van der Waals surface area contributed by atoms with Gasteiger partial charge in [0.25, 0.3) is 0 Å². The predicted octanol–water partition coefficient (Wildman–Crippen LogP) is 2.92. The fraction of sp³-hybridized carbons (Fsp3) is 0.625. The van der Waals surface area contributed by atoms with Crippen LogP contribution in [0.15, 0.2) is 29.2 Å². The lowest BCUT2D eigenvalue weighted by atomic mass is 10.1. The molecule has 1 aromatic carbocycles. The Bertz CT molecular complexity index is 554. The second kappa shape index (κ2) is 6.90. The number of piperidine rings is 1. The first-order chi connectivity index (χ1) is 9.96. The standard InChI is InChI=1S/C16H26N2O2S/c1-4-17-14(3)15-8-10-16(11-9-15)21(19,20)18-12-6-5-7-13(18)2/h8-11,13-14,17H,4-7,12H2,1-3H3. The van der Waals surface area contributed by atoms with Crippen LogP contribution in [0, 0.1) is 0 Å². The topological polar surface area (TPSA) is 49.4 Å². The highest BCUT2D eigenvalue weighted by atomic mass is 32.2. The molecular formula is C16H26N2O2S. The third-order valence-corrected chi connectivity index (χ3v) is 6.27. The Morgan fingerprint density at radius 2 is 1.95 bits per heavy atom. The van der Waals surface area contributed by atoms with Crippen molar-refractivity contribution >= 4 is 10.0 Å². The van der Waals surface area contributed by atoms with Gasteiger partial charge in [-0.05, 0) is 50.9 Å². The molecule has 4 nitrogen and oxygen atoms in total. The second-order valence-corrected chi connectivity index (χ2v) is 7.70. The third-order valence-electron chi connectivity index (χ3n) is 4.24. The van der Waals surface area contributed by atoms with Gasteiger partial charge in [-0.25, -0.2) is 8.42 Å². The van der Waals surface area contributed by atoms with Crippen molar-refractivity contribution in [2.45, 2.75) is 57.0 Å². The van der Waals surface area contributed by atoms with Crippen molar-refractivity contribution in [3.05, 3.63) is 29.8 Å². The average molecular weight is 310 g/mol. The lowest BCUT2D eigenvalue weighted by molar-refractivity contribution is 0.268. The van der Waals surface area contributed by atoms with Gasteiger partial charge in [-0.1, -0.05) is 25.5 Å². The van der Waals surface area contributed by atoms with Crippen LogP contribution >= 0.6 is 0 Å². The van der Waals surface area contributed by atoms with Crippen molar-refractivity contribution in [2.24, 2.45) is 0 Å². The monoisotopic (exact) mass is 310 g/mol. The summed E-state index contributed by atoms with van der Waals surface area (Å²) < 4.78 is 27.1. The van der Waals surface area contributed by atoms with E-state index in [1.165, 1.54) is 0 Å². The third kappa shape index (κ3) is 3.65. The molecule has 1 saturated heterocycles. The number of hydrogen-bond donors (Lipinski definition) is 1. The fourth-order valence-corrected chi connectivity index (χ4v) is 4.62. The molecule has 2 unspecified atom stereocenters. The van der Waals surface area contributed by atoms with E-state index >= 15 is 0 Å². The van der Waals surface area contributed by atoms with Crippen LogP contribution in [-0.4, -0.2) is 31.9 Å². The second-order valence-electron chi connectivity index (χ2n) is 5.81. The maximum atomic E-state index is 12.7. The molecule has 1 aromatic rings. The van der Waals surface area contributed by atoms with Gasteiger partial charge < -0.3 is 5.32 Å². The van der Waals surface area contributed by atoms with Crippen LogP contribution in [0.25, 0.3) is 0 Å². The maximum Gasteiger partial charge on any atom is 0.243 e. The quantitative estimate of drug-likeness (QED) is 0.909. The Morgan fingerprint density at radius 1 is 1.29 bits per heavy atom. The van der Waals surface area contributed by atoms with Crippen LogP contribution in [0.5, 0.6) is 0 Å². The Balaban J connectivity index is 2.20. The van der Waals surface area contributed by atoms with E-state index in [2.05, 4.69) is 19.2 Å². The molecule has 2 rings (SSSR count). The van der Waals surface area contributed by atoms with Crippen LogP contribution < -0.4 is 5.32 Å². The Labute approximate surface area is 128 Å². The van der Waals surface area contributed by atoms with E-state index in [4.69, 9.17) is 0 Å². The smallest absolute Gasteiger partial charge is 0.243 e. The van der Waals surface area contributed by atoms with Gasteiger partial charge in [-0.15, -0.1) is 0 Å². The normalized spacial score (nSPS) is 22.1. The van der Waals surface area contributed by atoms with Gasteiger partial charge in [0.05, 0.1) is 4.90 Å². The molecule has 1 heterocycles. The molecule has 5 heteroatoms.